The molecule has 1 aliphatic heterocycles. The van der Waals surface area contributed by atoms with Crippen molar-refractivity contribution in [2.24, 2.45) is 7.05 Å². The van der Waals surface area contributed by atoms with Gasteiger partial charge in [0.05, 0.1) is 11.4 Å². The lowest BCUT2D eigenvalue weighted by Crippen LogP contribution is -2.29. The van der Waals surface area contributed by atoms with Crippen molar-refractivity contribution < 1.29 is 0 Å². The molecule has 3 heterocycles. The summed E-state index contributed by atoms with van der Waals surface area (Å²) in [7, 11) is 2.01. The summed E-state index contributed by atoms with van der Waals surface area (Å²) in [6.45, 7) is 6.23. The maximum absolute atomic E-state index is 4.62. The maximum atomic E-state index is 4.62. The van der Waals surface area contributed by atoms with Crippen molar-refractivity contribution >= 4 is 11.8 Å². The summed E-state index contributed by atoms with van der Waals surface area (Å²) in [5, 5.41) is 22.1. The molecule has 2 aromatic rings. The molecular formula is C15H23N7S. The fraction of sp³-hybridized carbons (Fsp3) is 0.667. The van der Waals surface area contributed by atoms with Gasteiger partial charge in [0.1, 0.15) is 5.82 Å². The third-order valence-electron chi connectivity index (χ3n) is 4.20. The Morgan fingerprint density at radius 3 is 2.65 bits per heavy atom. The second-order valence-electron chi connectivity index (χ2n) is 5.74. The van der Waals surface area contributed by atoms with Gasteiger partial charge in [-0.3, -0.25) is 0 Å². The standard InChI is InChI=1S/C15H23N7S/c1-4-11-12(5-2)18-20-14(17-11)23-15-21-19-13(22(15)3)10-7-6-8-16-9-10/h10,16H,4-9H2,1-3H3. The van der Waals surface area contributed by atoms with E-state index in [2.05, 4.69) is 49.1 Å². The molecule has 0 amide bonds. The van der Waals surface area contributed by atoms with Crippen LogP contribution >= 0.6 is 11.8 Å². The van der Waals surface area contributed by atoms with Gasteiger partial charge in [0.2, 0.25) is 5.16 Å². The molecule has 1 fully saturated rings. The van der Waals surface area contributed by atoms with Crippen molar-refractivity contribution in [3.8, 4) is 0 Å². The summed E-state index contributed by atoms with van der Waals surface area (Å²) in [6, 6.07) is 0. The van der Waals surface area contributed by atoms with E-state index in [1.807, 2.05) is 7.05 Å². The Hall–Kier alpha value is -1.54. The van der Waals surface area contributed by atoms with Gasteiger partial charge in [-0.05, 0) is 44.0 Å². The lowest BCUT2D eigenvalue weighted by Gasteiger charge is -2.21. The molecule has 8 heteroatoms. The van der Waals surface area contributed by atoms with Crippen molar-refractivity contribution in [2.75, 3.05) is 13.1 Å². The Morgan fingerprint density at radius 2 is 1.96 bits per heavy atom. The minimum Gasteiger partial charge on any atom is -0.316 e. The molecule has 3 rings (SSSR count). The van der Waals surface area contributed by atoms with E-state index in [0.717, 1.165) is 54.7 Å². The Bertz CT molecular complexity index is 664. The molecule has 0 aliphatic carbocycles. The van der Waals surface area contributed by atoms with E-state index in [1.54, 1.807) is 0 Å². The summed E-state index contributed by atoms with van der Waals surface area (Å²) >= 11 is 1.43. The Morgan fingerprint density at radius 1 is 1.13 bits per heavy atom. The zero-order valence-electron chi connectivity index (χ0n) is 13.9. The van der Waals surface area contributed by atoms with Crippen LogP contribution in [-0.2, 0) is 19.9 Å². The minimum absolute atomic E-state index is 0.434. The molecule has 0 radical (unpaired) electrons. The van der Waals surface area contributed by atoms with Crippen LogP contribution in [0, 0.1) is 0 Å². The maximum Gasteiger partial charge on any atom is 0.217 e. The van der Waals surface area contributed by atoms with E-state index in [9.17, 15) is 0 Å². The predicted octanol–water partition coefficient (Wildman–Crippen LogP) is 1.74. The Kier molecular flexibility index (Phi) is 5.22. The first kappa shape index (κ1) is 16.3. The third kappa shape index (κ3) is 3.53. The third-order valence-corrected chi connectivity index (χ3v) is 5.10. The second-order valence-corrected chi connectivity index (χ2v) is 6.67. The Labute approximate surface area is 140 Å². The zero-order valence-corrected chi connectivity index (χ0v) is 14.7. The molecule has 124 valence electrons. The topological polar surface area (TPSA) is 81.4 Å². The van der Waals surface area contributed by atoms with Crippen LogP contribution in [0.1, 0.15) is 49.8 Å². The van der Waals surface area contributed by atoms with Crippen molar-refractivity contribution in [2.45, 2.75) is 55.8 Å². The van der Waals surface area contributed by atoms with E-state index >= 15 is 0 Å². The fourth-order valence-electron chi connectivity index (χ4n) is 2.89. The first-order chi connectivity index (χ1) is 11.2. The molecule has 0 bridgehead atoms. The molecule has 23 heavy (non-hydrogen) atoms. The van der Waals surface area contributed by atoms with Crippen LogP contribution in [0.5, 0.6) is 0 Å². The largest absolute Gasteiger partial charge is 0.316 e. The van der Waals surface area contributed by atoms with Gasteiger partial charge in [-0.25, -0.2) is 4.98 Å². The number of hydrogen-bond donors (Lipinski definition) is 1. The summed E-state index contributed by atoms with van der Waals surface area (Å²) in [6.07, 6.45) is 4.07. The average Bonchev–Trinajstić information content (AvgIpc) is 2.96. The number of nitrogens with one attached hydrogen (secondary N) is 1. The SMILES string of the molecule is CCc1nnc(Sc2nnc(C3CCCNC3)n2C)nc1CC. The van der Waals surface area contributed by atoms with E-state index in [-0.39, 0.29) is 0 Å². The van der Waals surface area contributed by atoms with Crippen LogP contribution in [0.2, 0.25) is 0 Å². The molecule has 1 atom stereocenters. The fourth-order valence-corrected chi connectivity index (χ4v) is 3.60. The van der Waals surface area contributed by atoms with Crippen LogP contribution in [0.15, 0.2) is 10.3 Å². The molecule has 1 N–H and O–H groups in total. The summed E-state index contributed by atoms with van der Waals surface area (Å²) in [5.74, 6) is 1.47. The van der Waals surface area contributed by atoms with Gasteiger partial charge in [0.25, 0.3) is 0 Å². The van der Waals surface area contributed by atoms with E-state index < -0.39 is 0 Å². The average molecular weight is 333 g/mol. The highest BCUT2D eigenvalue weighted by atomic mass is 32.2. The van der Waals surface area contributed by atoms with Crippen molar-refractivity contribution in [1.82, 2.24) is 35.3 Å². The van der Waals surface area contributed by atoms with Crippen LogP contribution in [0.25, 0.3) is 0 Å². The van der Waals surface area contributed by atoms with Crippen molar-refractivity contribution in [3.05, 3.63) is 17.2 Å². The molecule has 1 unspecified atom stereocenters. The monoisotopic (exact) mass is 333 g/mol. The van der Waals surface area contributed by atoms with E-state index in [0.29, 0.717) is 11.1 Å². The molecule has 0 aromatic carbocycles. The van der Waals surface area contributed by atoms with Gasteiger partial charge in [-0.15, -0.1) is 15.3 Å². The first-order valence-electron chi connectivity index (χ1n) is 8.23. The molecule has 7 nitrogen and oxygen atoms in total. The van der Waals surface area contributed by atoms with Crippen molar-refractivity contribution in [3.63, 3.8) is 0 Å². The number of piperidine rings is 1. The van der Waals surface area contributed by atoms with Gasteiger partial charge < -0.3 is 9.88 Å². The number of rotatable bonds is 5. The first-order valence-corrected chi connectivity index (χ1v) is 9.04. The van der Waals surface area contributed by atoms with Gasteiger partial charge in [-0.2, -0.15) is 5.10 Å². The number of nitrogens with zero attached hydrogens (tertiary/aromatic N) is 6. The lowest BCUT2D eigenvalue weighted by molar-refractivity contribution is 0.436. The van der Waals surface area contributed by atoms with Crippen LogP contribution in [0.4, 0.5) is 0 Å². The van der Waals surface area contributed by atoms with Crippen LogP contribution in [-0.4, -0.2) is 43.0 Å². The number of hydrogen-bond acceptors (Lipinski definition) is 7. The summed E-state index contributed by atoms with van der Waals surface area (Å²) in [4.78, 5) is 4.62. The van der Waals surface area contributed by atoms with Crippen molar-refractivity contribution in [1.29, 1.82) is 0 Å². The molecule has 0 saturated carbocycles. The quantitative estimate of drug-likeness (QED) is 0.892. The highest BCUT2D eigenvalue weighted by molar-refractivity contribution is 7.99. The highest BCUT2D eigenvalue weighted by Crippen LogP contribution is 2.27. The molecule has 1 aliphatic rings. The molecule has 1 saturated heterocycles. The number of aryl methyl sites for hydroxylation is 2. The molecule has 2 aromatic heterocycles. The lowest BCUT2D eigenvalue weighted by atomic mass is 9.99. The van der Waals surface area contributed by atoms with Gasteiger partial charge in [0.15, 0.2) is 5.16 Å². The van der Waals surface area contributed by atoms with Gasteiger partial charge in [-0.1, -0.05) is 13.8 Å². The summed E-state index contributed by atoms with van der Waals surface area (Å²) < 4.78 is 2.06. The summed E-state index contributed by atoms with van der Waals surface area (Å²) in [5.41, 5.74) is 1.99. The molecular weight excluding hydrogens is 310 g/mol. The molecule has 0 spiro atoms. The Balaban J connectivity index is 1.79. The van der Waals surface area contributed by atoms with Gasteiger partial charge >= 0.3 is 0 Å². The predicted molar refractivity (Wildman–Crippen MR) is 88.6 cm³/mol. The smallest absolute Gasteiger partial charge is 0.217 e. The van der Waals surface area contributed by atoms with Gasteiger partial charge in [0, 0.05) is 19.5 Å². The van der Waals surface area contributed by atoms with Crippen LogP contribution in [0.3, 0.4) is 0 Å². The normalized spacial score (nSPS) is 18.3. The van der Waals surface area contributed by atoms with E-state index in [1.165, 1.54) is 18.2 Å². The highest BCUT2D eigenvalue weighted by Gasteiger charge is 2.22. The minimum atomic E-state index is 0.434. The van der Waals surface area contributed by atoms with Crippen LogP contribution < -0.4 is 5.32 Å². The zero-order chi connectivity index (χ0) is 16.2. The second kappa shape index (κ2) is 7.35. The number of aromatic nitrogens is 6. The van der Waals surface area contributed by atoms with E-state index in [4.69, 9.17) is 0 Å².